The van der Waals surface area contributed by atoms with Gasteiger partial charge in [-0.2, -0.15) is 0 Å². The summed E-state index contributed by atoms with van der Waals surface area (Å²) in [5.41, 5.74) is 11.4. The predicted molar refractivity (Wildman–Crippen MR) is 109 cm³/mol. The van der Waals surface area contributed by atoms with Crippen LogP contribution in [0.4, 0.5) is 17.3 Å². The van der Waals surface area contributed by atoms with Gasteiger partial charge in [0.1, 0.15) is 0 Å². The number of aromatic nitrogens is 2. The highest BCUT2D eigenvalue weighted by atomic mass is 35.5. The third-order valence-electron chi connectivity index (χ3n) is 4.94. The first-order valence-corrected chi connectivity index (χ1v) is 9.21. The molecule has 1 aliphatic heterocycles. The number of nitrogens with two attached hydrogens (primary N) is 1. The van der Waals surface area contributed by atoms with Crippen LogP contribution in [0.5, 0.6) is 0 Å². The summed E-state index contributed by atoms with van der Waals surface area (Å²) in [6, 6.07) is 12.4. The number of fused-ring (bicyclic) bond motifs is 1. The van der Waals surface area contributed by atoms with Gasteiger partial charge in [-0.15, -0.1) is 0 Å². The largest absolute Gasteiger partial charge is 0.368 e. The summed E-state index contributed by atoms with van der Waals surface area (Å²) in [6.45, 7) is 3.20. The Bertz CT molecular complexity index is 1070. The Labute approximate surface area is 166 Å². The van der Waals surface area contributed by atoms with Crippen molar-refractivity contribution in [1.82, 2.24) is 9.97 Å². The van der Waals surface area contributed by atoms with Gasteiger partial charge in [-0.3, -0.25) is 10.1 Å². The van der Waals surface area contributed by atoms with Crippen LogP contribution in [0.25, 0.3) is 11.3 Å². The fourth-order valence-electron chi connectivity index (χ4n) is 3.54. The third-order valence-corrected chi connectivity index (χ3v) is 5.19. The number of nitro benzene ring substituents is 1. The zero-order valence-corrected chi connectivity index (χ0v) is 16.0. The zero-order valence-electron chi connectivity index (χ0n) is 15.2. The molecule has 0 atom stereocenters. The lowest BCUT2D eigenvalue weighted by Crippen LogP contribution is -2.32. The Balaban J connectivity index is 1.77. The summed E-state index contributed by atoms with van der Waals surface area (Å²) in [4.78, 5) is 21.8. The summed E-state index contributed by atoms with van der Waals surface area (Å²) in [5.74, 6) is 0.240. The Morgan fingerprint density at radius 3 is 2.64 bits per heavy atom. The summed E-state index contributed by atoms with van der Waals surface area (Å²) in [5, 5.41) is 11.8. The van der Waals surface area contributed by atoms with Gasteiger partial charge in [-0.1, -0.05) is 29.8 Å². The van der Waals surface area contributed by atoms with E-state index in [-0.39, 0.29) is 16.6 Å². The van der Waals surface area contributed by atoms with Crippen molar-refractivity contribution in [3.05, 3.63) is 74.4 Å². The van der Waals surface area contributed by atoms with Crippen molar-refractivity contribution in [2.24, 2.45) is 0 Å². The lowest BCUT2D eigenvalue weighted by molar-refractivity contribution is -0.384. The Kier molecular flexibility index (Phi) is 4.60. The van der Waals surface area contributed by atoms with E-state index in [1.54, 1.807) is 12.1 Å². The third kappa shape index (κ3) is 3.36. The number of hydrogen-bond acceptors (Lipinski definition) is 6. The molecule has 2 aromatic carbocycles. The van der Waals surface area contributed by atoms with Gasteiger partial charge in [-0.25, -0.2) is 9.97 Å². The van der Waals surface area contributed by atoms with Gasteiger partial charge in [0.25, 0.3) is 5.69 Å². The highest BCUT2D eigenvalue weighted by molar-refractivity contribution is 6.30. The number of nitrogens with zero attached hydrogens (tertiary/aromatic N) is 4. The van der Waals surface area contributed by atoms with E-state index in [0.29, 0.717) is 24.5 Å². The molecule has 3 aromatic rings. The fraction of sp³-hybridized carbons (Fsp3) is 0.200. The van der Waals surface area contributed by atoms with Gasteiger partial charge in [0.2, 0.25) is 5.95 Å². The van der Waals surface area contributed by atoms with E-state index < -0.39 is 0 Å². The van der Waals surface area contributed by atoms with Crippen LogP contribution in [-0.4, -0.2) is 21.4 Å². The average Bonchev–Trinajstić information content (AvgIpc) is 2.68. The van der Waals surface area contributed by atoms with E-state index >= 15 is 0 Å². The number of halogens is 1. The molecule has 1 aromatic heterocycles. The topological polar surface area (TPSA) is 98.2 Å². The minimum absolute atomic E-state index is 0.0814. The highest BCUT2D eigenvalue weighted by Gasteiger charge is 2.25. The molecule has 0 saturated heterocycles. The van der Waals surface area contributed by atoms with Crippen molar-refractivity contribution >= 4 is 28.9 Å². The maximum atomic E-state index is 11.2. The van der Waals surface area contributed by atoms with Crippen molar-refractivity contribution < 1.29 is 4.92 Å². The molecule has 2 heterocycles. The molecule has 28 heavy (non-hydrogen) atoms. The van der Waals surface area contributed by atoms with Crippen LogP contribution < -0.4 is 10.6 Å². The molecule has 0 fully saturated rings. The smallest absolute Gasteiger partial charge is 0.271 e. The molecule has 0 aliphatic carbocycles. The number of non-ortho nitro benzene ring substituents is 1. The highest BCUT2D eigenvalue weighted by Crippen LogP contribution is 2.34. The predicted octanol–water partition coefficient (Wildman–Crippen LogP) is 4.16. The van der Waals surface area contributed by atoms with Crippen LogP contribution in [-0.2, 0) is 13.0 Å². The molecule has 0 spiro atoms. The molecule has 2 N–H and O–H groups in total. The lowest BCUT2D eigenvalue weighted by atomic mass is 9.98. The number of nitrogen functional groups attached to an aromatic ring is 1. The first-order chi connectivity index (χ1) is 13.4. The van der Waals surface area contributed by atoms with Crippen LogP contribution in [0.3, 0.4) is 0 Å². The summed E-state index contributed by atoms with van der Waals surface area (Å²) in [6.07, 6.45) is 0.685. The van der Waals surface area contributed by atoms with E-state index in [4.69, 9.17) is 17.3 Å². The number of nitro groups is 1. The standard InChI is InChI=1S/C20H18ClN5O2/c1-12-2-7-15(26(27)28)10-18(12)25-9-8-17-16(11-25)19(24-20(22)23-17)13-3-5-14(21)6-4-13/h2-7,10H,8-9,11H2,1H3,(H2,22,23,24). The van der Waals surface area contributed by atoms with Crippen LogP contribution in [0, 0.1) is 17.0 Å². The van der Waals surface area contributed by atoms with Gasteiger partial charge in [-0.05, 0) is 24.6 Å². The fourth-order valence-corrected chi connectivity index (χ4v) is 3.66. The number of hydrogen-bond donors (Lipinski definition) is 1. The van der Waals surface area contributed by atoms with Gasteiger partial charge >= 0.3 is 0 Å². The van der Waals surface area contributed by atoms with E-state index in [9.17, 15) is 10.1 Å². The number of benzene rings is 2. The SMILES string of the molecule is Cc1ccc([N+](=O)[O-])cc1N1CCc2nc(N)nc(-c3ccc(Cl)cc3)c2C1. The molecular weight excluding hydrogens is 378 g/mol. The first kappa shape index (κ1) is 18.2. The molecule has 8 heteroatoms. The van der Waals surface area contributed by atoms with E-state index in [2.05, 4.69) is 14.9 Å². The Morgan fingerprint density at radius 1 is 1.18 bits per heavy atom. The maximum Gasteiger partial charge on any atom is 0.271 e. The van der Waals surface area contributed by atoms with Crippen molar-refractivity contribution in [2.45, 2.75) is 19.9 Å². The van der Waals surface area contributed by atoms with E-state index in [1.807, 2.05) is 31.2 Å². The molecular formula is C20H18ClN5O2. The van der Waals surface area contributed by atoms with Crippen molar-refractivity contribution in [1.29, 1.82) is 0 Å². The van der Waals surface area contributed by atoms with Crippen molar-refractivity contribution in [2.75, 3.05) is 17.2 Å². The molecule has 0 radical (unpaired) electrons. The summed E-state index contributed by atoms with van der Waals surface area (Å²) >= 11 is 6.01. The first-order valence-electron chi connectivity index (χ1n) is 8.83. The molecule has 4 rings (SSSR count). The lowest BCUT2D eigenvalue weighted by Gasteiger charge is -2.32. The molecule has 7 nitrogen and oxygen atoms in total. The van der Waals surface area contributed by atoms with E-state index in [1.165, 1.54) is 6.07 Å². The quantitative estimate of drug-likeness (QED) is 0.528. The van der Waals surface area contributed by atoms with Gasteiger partial charge < -0.3 is 10.6 Å². The van der Waals surface area contributed by atoms with Crippen LogP contribution in [0.15, 0.2) is 42.5 Å². The molecule has 142 valence electrons. The van der Waals surface area contributed by atoms with Gasteiger partial charge in [0.15, 0.2) is 0 Å². The Morgan fingerprint density at radius 2 is 1.93 bits per heavy atom. The number of aryl methyl sites for hydroxylation is 1. The average molecular weight is 396 g/mol. The second-order valence-corrected chi connectivity index (χ2v) is 7.20. The second-order valence-electron chi connectivity index (χ2n) is 6.76. The van der Waals surface area contributed by atoms with Gasteiger partial charge in [0, 0.05) is 53.5 Å². The second kappa shape index (κ2) is 7.09. The molecule has 1 aliphatic rings. The molecule has 0 bridgehead atoms. The van der Waals surface area contributed by atoms with Crippen molar-refractivity contribution in [3.8, 4) is 11.3 Å². The normalized spacial score (nSPS) is 13.3. The van der Waals surface area contributed by atoms with Gasteiger partial charge in [0.05, 0.1) is 16.3 Å². The summed E-state index contributed by atoms with van der Waals surface area (Å²) in [7, 11) is 0. The monoisotopic (exact) mass is 395 g/mol. The van der Waals surface area contributed by atoms with Crippen molar-refractivity contribution in [3.63, 3.8) is 0 Å². The van der Waals surface area contributed by atoms with E-state index in [0.717, 1.165) is 33.8 Å². The van der Waals surface area contributed by atoms with Crippen LogP contribution in [0.1, 0.15) is 16.8 Å². The maximum absolute atomic E-state index is 11.2. The number of rotatable bonds is 3. The molecule has 0 unspecified atom stereocenters. The Hall–Kier alpha value is -3.19. The minimum Gasteiger partial charge on any atom is -0.368 e. The van der Waals surface area contributed by atoms with Crippen LogP contribution in [0.2, 0.25) is 5.02 Å². The summed E-state index contributed by atoms with van der Waals surface area (Å²) < 4.78 is 0. The number of anilines is 2. The molecule has 0 saturated carbocycles. The molecule has 0 amide bonds. The van der Waals surface area contributed by atoms with Crippen LogP contribution >= 0.6 is 11.6 Å². The zero-order chi connectivity index (χ0) is 19.8. The minimum atomic E-state index is -0.371.